The average molecular weight is 278 g/mol. The molecular formula is C15H22N2O3. The minimum absolute atomic E-state index is 0.0324. The zero-order chi connectivity index (χ0) is 14.4. The van der Waals surface area contributed by atoms with Crippen LogP contribution in [-0.2, 0) is 0 Å². The van der Waals surface area contributed by atoms with Crippen LogP contribution in [0, 0.1) is 0 Å². The fourth-order valence-corrected chi connectivity index (χ4v) is 2.36. The predicted molar refractivity (Wildman–Crippen MR) is 76.7 cm³/mol. The molecular weight excluding hydrogens is 256 g/mol. The number of para-hydroxylation sites is 1. The molecule has 20 heavy (non-hydrogen) atoms. The lowest BCUT2D eigenvalue weighted by Gasteiger charge is -2.20. The SMILES string of the molecule is C[C@H](CCO)NC(=O)NC1CCCOc2ccccc21. The van der Waals surface area contributed by atoms with Crippen LogP contribution >= 0.6 is 0 Å². The number of hydrogen-bond acceptors (Lipinski definition) is 3. The highest BCUT2D eigenvalue weighted by atomic mass is 16.5. The zero-order valence-electron chi connectivity index (χ0n) is 11.8. The summed E-state index contributed by atoms with van der Waals surface area (Å²) in [4.78, 5) is 12.0. The highest BCUT2D eigenvalue weighted by molar-refractivity contribution is 5.74. The molecule has 3 N–H and O–H groups in total. The van der Waals surface area contributed by atoms with Crippen molar-refractivity contribution >= 4 is 6.03 Å². The Morgan fingerprint density at radius 3 is 3.10 bits per heavy atom. The molecule has 2 rings (SSSR count). The number of aliphatic hydroxyl groups is 1. The van der Waals surface area contributed by atoms with Gasteiger partial charge in [0.15, 0.2) is 0 Å². The van der Waals surface area contributed by atoms with Gasteiger partial charge in [0.25, 0.3) is 0 Å². The van der Waals surface area contributed by atoms with Crippen LogP contribution in [0.4, 0.5) is 4.79 Å². The first-order valence-corrected chi connectivity index (χ1v) is 7.10. The first kappa shape index (κ1) is 14.7. The fraction of sp³-hybridized carbons (Fsp3) is 0.533. The normalized spacial score (nSPS) is 19.2. The maximum atomic E-state index is 12.0. The van der Waals surface area contributed by atoms with Crippen molar-refractivity contribution in [1.82, 2.24) is 10.6 Å². The van der Waals surface area contributed by atoms with Crippen LogP contribution in [-0.4, -0.2) is 30.4 Å². The fourth-order valence-electron chi connectivity index (χ4n) is 2.36. The van der Waals surface area contributed by atoms with E-state index in [1.807, 2.05) is 31.2 Å². The van der Waals surface area contributed by atoms with Gasteiger partial charge < -0.3 is 20.5 Å². The minimum Gasteiger partial charge on any atom is -0.493 e. The van der Waals surface area contributed by atoms with Crippen molar-refractivity contribution in [3.05, 3.63) is 29.8 Å². The van der Waals surface area contributed by atoms with E-state index in [4.69, 9.17) is 9.84 Å². The van der Waals surface area contributed by atoms with E-state index in [2.05, 4.69) is 10.6 Å². The average Bonchev–Trinajstić information content (AvgIpc) is 2.62. The van der Waals surface area contributed by atoms with Crippen molar-refractivity contribution in [2.45, 2.75) is 38.3 Å². The van der Waals surface area contributed by atoms with Crippen molar-refractivity contribution in [1.29, 1.82) is 0 Å². The molecule has 0 spiro atoms. The Kier molecular flexibility index (Phi) is 5.24. The van der Waals surface area contributed by atoms with Crippen molar-refractivity contribution in [3.8, 4) is 5.75 Å². The van der Waals surface area contributed by atoms with Gasteiger partial charge in [0.2, 0.25) is 0 Å². The number of rotatable bonds is 4. The Balaban J connectivity index is 2.00. The minimum atomic E-state index is -0.201. The maximum Gasteiger partial charge on any atom is 0.315 e. The largest absolute Gasteiger partial charge is 0.493 e. The van der Waals surface area contributed by atoms with Gasteiger partial charge in [-0.3, -0.25) is 0 Å². The van der Waals surface area contributed by atoms with Gasteiger partial charge in [-0.25, -0.2) is 4.79 Å². The molecule has 1 unspecified atom stereocenters. The van der Waals surface area contributed by atoms with Gasteiger partial charge in [0.1, 0.15) is 5.75 Å². The van der Waals surface area contributed by atoms with Crippen molar-refractivity contribution in [2.75, 3.05) is 13.2 Å². The van der Waals surface area contributed by atoms with Crippen molar-refractivity contribution in [2.24, 2.45) is 0 Å². The topological polar surface area (TPSA) is 70.6 Å². The summed E-state index contributed by atoms with van der Waals surface area (Å²) in [5.74, 6) is 0.846. The molecule has 0 aromatic heterocycles. The molecule has 1 aromatic carbocycles. The Bertz CT molecular complexity index is 450. The smallest absolute Gasteiger partial charge is 0.315 e. The first-order valence-electron chi connectivity index (χ1n) is 7.10. The number of urea groups is 1. The van der Waals surface area contributed by atoms with Crippen LogP contribution in [0.2, 0.25) is 0 Å². The van der Waals surface area contributed by atoms with E-state index in [0.29, 0.717) is 13.0 Å². The molecule has 5 nitrogen and oxygen atoms in total. The molecule has 0 bridgehead atoms. The van der Waals surface area contributed by atoms with E-state index >= 15 is 0 Å². The first-order chi connectivity index (χ1) is 9.70. The Hall–Kier alpha value is -1.75. The van der Waals surface area contributed by atoms with E-state index in [-0.39, 0.29) is 24.7 Å². The summed E-state index contributed by atoms with van der Waals surface area (Å²) < 4.78 is 5.68. The van der Waals surface area contributed by atoms with Crippen LogP contribution in [0.5, 0.6) is 5.75 Å². The lowest BCUT2D eigenvalue weighted by Crippen LogP contribution is -2.42. The van der Waals surface area contributed by atoms with Crippen LogP contribution in [0.25, 0.3) is 0 Å². The van der Waals surface area contributed by atoms with Gasteiger partial charge in [0, 0.05) is 18.2 Å². The summed E-state index contributed by atoms with van der Waals surface area (Å²) in [5.41, 5.74) is 1.02. The molecule has 110 valence electrons. The van der Waals surface area contributed by atoms with Gasteiger partial charge in [-0.1, -0.05) is 18.2 Å². The number of carbonyl (C=O) groups is 1. The van der Waals surface area contributed by atoms with Crippen molar-refractivity contribution in [3.63, 3.8) is 0 Å². The zero-order valence-corrected chi connectivity index (χ0v) is 11.8. The summed E-state index contributed by atoms with van der Waals surface area (Å²) in [5, 5.41) is 14.7. The predicted octanol–water partition coefficient (Wildman–Crippen LogP) is 1.97. The van der Waals surface area contributed by atoms with E-state index < -0.39 is 0 Å². The quantitative estimate of drug-likeness (QED) is 0.788. The highest BCUT2D eigenvalue weighted by Crippen LogP contribution is 2.30. The molecule has 2 atom stereocenters. The third-order valence-electron chi connectivity index (χ3n) is 3.43. The number of benzene rings is 1. The van der Waals surface area contributed by atoms with Gasteiger partial charge in [-0.2, -0.15) is 0 Å². The number of amides is 2. The van der Waals surface area contributed by atoms with Crippen LogP contribution in [0.1, 0.15) is 37.8 Å². The van der Waals surface area contributed by atoms with E-state index in [1.54, 1.807) is 0 Å². The molecule has 0 fully saturated rings. The van der Waals surface area contributed by atoms with Crippen LogP contribution < -0.4 is 15.4 Å². The van der Waals surface area contributed by atoms with Gasteiger partial charge in [-0.15, -0.1) is 0 Å². The lowest BCUT2D eigenvalue weighted by atomic mass is 10.0. The third kappa shape index (κ3) is 3.87. The number of aliphatic hydroxyl groups excluding tert-OH is 1. The molecule has 0 aliphatic carbocycles. The summed E-state index contributed by atoms with van der Waals surface area (Å²) in [6.45, 7) is 2.62. The second-order valence-electron chi connectivity index (χ2n) is 5.11. The van der Waals surface area contributed by atoms with Crippen LogP contribution in [0.15, 0.2) is 24.3 Å². The van der Waals surface area contributed by atoms with Gasteiger partial charge in [0.05, 0.1) is 12.6 Å². The van der Waals surface area contributed by atoms with Gasteiger partial charge in [-0.05, 0) is 32.3 Å². The molecule has 1 heterocycles. The molecule has 1 aliphatic heterocycles. The molecule has 0 saturated heterocycles. The Morgan fingerprint density at radius 1 is 1.50 bits per heavy atom. The highest BCUT2D eigenvalue weighted by Gasteiger charge is 2.21. The molecule has 1 aromatic rings. The monoisotopic (exact) mass is 278 g/mol. The number of hydrogen-bond donors (Lipinski definition) is 3. The second kappa shape index (κ2) is 7.14. The molecule has 1 aliphatic rings. The van der Waals surface area contributed by atoms with Gasteiger partial charge >= 0.3 is 6.03 Å². The van der Waals surface area contributed by atoms with Crippen molar-refractivity contribution < 1.29 is 14.6 Å². The standard InChI is InChI=1S/C15H22N2O3/c1-11(8-9-18)16-15(19)17-13-6-4-10-20-14-7-3-2-5-12(13)14/h2-3,5,7,11,13,18H,4,6,8-10H2,1H3,(H2,16,17,19)/t11-,13?/m1/s1. The number of ether oxygens (including phenoxy) is 1. The Labute approximate surface area is 119 Å². The summed E-state index contributed by atoms with van der Waals surface area (Å²) in [6.07, 6.45) is 2.32. The van der Waals surface area contributed by atoms with E-state index in [9.17, 15) is 4.79 Å². The summed E-state index contributed by atoms with van der Waals surface area (Å²) in [6, 6.07) is 7.53. The molecule has 2 amide bonds. The summed E-state index contributed by atoms with van der Waals surface area (Å²) >= 11 is 0. The molecule has 0 saturated carbocycles. The van der Waals surface area contributed by atoms with E-state index in [0.717, 1.165) is 24.2 Å². The number of nitrogens with one attached hydrogen (secondary N) is 2. The number of carbonyl (C=O) groups excluding carboxylic acids is 1. The van der Waals surface area contributed by atoms with E-state index in [1.165, 1.54) is 0 Å². The summed E-state index contributed by atoms with van der Waals surface area (Å²) in [7, 11) is 0. The Morgan fingerprint density at radius 2 is 2.30 bits per heavy atom. The van der Waals surface area contributed by atoms with Crippen LogP contribution in [0.3, 0.4) is 0 Å². The maximum absolute atomic E-state index is 12.0. The lowest BCUT2D eigenvalue weighted by molar-refractivity contribution is 0.227. The molecule has 5 heteroatoms. The molecule has 0 radical (unpaired) electrons. The second-order valence-corrected chi connectivity index (χ2v) is 5.11. The third-order valence-corrected chi connectivity index (χ3v) is 3.43. The number of fused-ring (bicyclic) bond motifs is 1.